The van der Waals surface area contributed by atoms with Crippen LogP contribution in [-0.4, -0.2) is 29.5 Å². The molecule has 1 aliphatic heterocycles. The van der Waals surface area contributed by atoms with E-state index in [2.05, 4.69) is 30.3 Å². The zero-order valence-corrected chi connectivity index (χ0v) is 18.0. The van der Waals surface area contributed by atoms with Crippen molar-refractivity contribution < 1.29 is 0 Å². The number of hydrogen-bond donors (Lipinski definition) is 0. The van der Waals surface area contributed by atoms with Gasteiger partial charge in [-0.3, -0.25) is 0 Å². The fourth-order valence-electron chi connectivity index (χ4n) is 6.11. The van der Waals surface area contributed by atoms with Crippen LogP contribution >= 0.6 is 15.2 Å². The summed E-state index contributed by atoms with van der Waals surface area (Å²) in [6.07, 6.45) is 21.8. The molecule has 0 N–H and O–H groups in total. The van der Waals surface area contributed by atoms with E-state index < -0.39 is 7.26 Å². The van der Waals surface area contributed by atoms with Crippen molar-refractivity contribution in [2.24, 2.45) is 0 Å². The molecular formula is C23H38P2. The van der Waals surface area contributed by atoms with Gasteiger partial charge in [-0.2, -0.15) is 0 Å². The van der Waals surface area contributed by atoms with Crippen LogP contribution < -0.4 is 5.30 Å². The zero-order chi connectivity index (χ0) is 17.0. The van der Waals surface area contributed by atoms with Crippen LogP contribution in [0.15, 0.2) is 30.3 Å². The van der Waals surface area contributed by atoms with Gasteiger partial charge in [-0.1, -0.05) is 0 Å². The first-order valence-electron chi connectivity index (χ1n) is 11.2. The van der Waals surface area contributed by atoms with E-state index in [0.717, 1.165) is 11.3 Å². The Bertz CT molecular complexity index is 490. The molecule has 0 spiro atoms. The van der Waals surface area contributed by atoms with Gasteiger partial charge in [-0.15, -0.1) is 0 Å². The molecular weight excluding hydrogens is 338 g/mol. The average Bonchev–Trinajstić information content (AvgIpc) is 3.18. The Morgan fingerprint density at radius 1 is 0.680 bits per heavy atom. The van der Waals surface area contributed by atoms with Crippen molar-refractivity contribution in [2.75, 3.05) is 18.2 Å². The molecule has 0 nitrogen and oxygen atoms in total. The Hall–Kier alpha value is 0.0800. The molecule has 1 aromatic carbocycles. The molecule has 2 aliphatic carbocycles. The SMILES string of the molecule is c1ccc([PH]2(CP(C3CCCCC3)C3CCCCC3)CCCC2)cc1. The van der Waals surface area contributed by atoms with Gasteiger partial charge in [-0.05, 0) is 0 Å². The Labute approximate surface area is 157 Å². The van der Waals surface area contributed by atoms with Crippen molar-refractivity contribution in [3.05, 3.63) is 30.3 Å². The summed E-state index contributed by atoms with van der Waals surface area (Å²) in [7, 11) is -0.929. The molecule has 0 bridgehead atoms. The summed E-state index contributed by atoms with van der Waals surface area (Å²) in [5.41, 5.74) is 2.28. The van der Waals surface area contributed by atoms with Crippen LogP contribution in [0.4, 0.5) is 0 Å². The van der Waals surface area contributed by atoms with Crippen molar-refractivity contribution in [2.45, 2.75) is 88.4 Å². The third kappa shape index (κ3) is 4.33. The fraction of sp³-hybridized carbons (Fsp3) is 0.739. The van der Waals surface area contributed by atoms with Crippen LogP contribution in [0, 0.1) is 0 Å². The molecule has 1 aromatic rings. The molecule has 0 amide bonds. The zero-order valence-electron chi connectivity index (χ0n) is 16.1. The first-order chi connectivity index (χ1) is 12.4. The second-order valence-electron chi connectivity index (χ2n) is 9.11. The Balaban J connectivity index is 1.59. The van der Waals surface area contributed by atoms with E-state index in [1.807, 2.05) is 5.30 Å². The summed E-state index contributed by atoms with van der Waals surface area (Å²) in [5.74, 6) is 1.71. The van der Waals surface area contributed by atoms with E-state index in [1.54, 1.807) is 43.9 Å². The van der Waals surface area contributed by atoms with Gasteiger partial charge in [0.1, 0.15) is 0 Å². The molecule has 4 rings (SSSR count). The molecule has 25 heavy (non-hydrogen) atoms. The summed E-state index contributed by atoms with van der Waals surface area (Å²) in [4.78, 5) is 0. The second kappa shape index (κ2) is 8.85. The molecule has 0 aromatic heterocycles. The summed E-state index contributed by atoms with van der Waals surface area (Å²) in [6, 6.07) is 11.9. The van der Waals surface area contributed by atoms with Crippen LogP contribution in [0.2, 0.25) is 0 Å². The first kappa shape index (κ1) is 18.4. The molecule has 0 unspecified atom stereocenters. The van der Waals surface area contributed by atoms with Crippen LogP contribution in [-0.2, 0) is 0 Å². The van der Waals surface area contributed by atoms with Gasteiger partial charge < -0.3 is 0 Å². The normalized spacial score (nSPS) is 26.8. The van der Waals surface area contributed by atoms with E-state index in [9.17, 15) is 0 Å². The van der Waals surface area contributed by atoms with Crippen LogP contribution in [0.5, 0.6) is 0 Å². The summed E-state index contributed by atoms with van der Waals surface area (Å²) < 4.78 is 0. The molecule has 1 heterocycles. The molecule has 3 fully saturated rings. The standard InChI is InChI=1S/C23H38P2/c1-4-12-21(13-5-1)24(22-14-6-2-7-15-22)20-25(18-10-11-19-25)23-16-8-3-9-17-23/h3,8-9,16-17,21-22,25H,1-2,4-7,10-15,18-20H2. The molecule has 0 atom stereocenters. The van der Waals surface area contributed by atoms with Gasteiger partial charge in [0.15, 0.2) is 0 Å². The molecule has 3 aliphatic rings. The Morgan fingerprint density at radius 2 is 1.20 bits per heavy atom. The monoisotopic (exact) mass is 376 g/mol. The molecule has 2 heteroatoms. The van der Waals surface area contributed by atoms with E-state index in [4.69, 9.17) is 0 Å². The summed E-state index contributed by atoms with van der Waals surface area (Å²) >= 11 is 0. The maximum atomic E-state index is 2.52. The van der Waals surface area contributed by atoms with Crippen LogP contribution in [0.1, 0.15) is 77.0 Å². The van der Waals surface area contributed by atoms with E-state index in [0.29, 0.717) is 0 Å². The maximum absolute atomic E-state index is 2.52. The van der Waals surface area contributed by atoms with Crippen molar-refractivity contribution in [1.29, 1.82) is 0 Å². The van der Waals surface area contributed by atoms with Crippen molar-refractivity contribution in [3.63, 3.8) is 0 Å². The quantitative estimate of drug-likeness (QED) is 0.487. The molecule has 0 radical (unpaired) electrons. The summed E-state index contributed by atoms with van der Waals surface area (Å²) in [5, 5.41) is 1.83. The Kier molecular flexibility index (Phi) is 6.53. The topological polar surface area (TPSA) is 0 Å². The van der Waals surface area contributed by atoms with E-state index in [-0.39, 0.29) is 7.92 Å². The molecule has 1 saturated heterocycles. The van der Waals surface area contributed by atoms with Crippen LogP contribution in [0.25, 0.3) is 0 Å². The molecule has 140 valence electrons. The van der Waals surface area contributed by atoms with Gasteiger partial charge in [-0.25, -0.2) is 0 Å². The minimum absolute atomic E-state index is 0.282. The van der Waals surface area contributed by atoms with Crippen LogP contribution in [0.3, 0.4) is 0 Å². The second-order valence-corrected chi connectivity index (χ2v) is 17.0. The van der Waals surface area contributed by atoms with Crippen molar-refractivity contribution in [1.82, 2.24) is 0 Å². The fourth-order valence-corrected chi connectivity index (χ4v) is 19.2. The number of hydrogen-bond acceptors (Lipinski definition) is 0. The minimum atomic E-state index is -1.21. The number of rotatable bonds is 5. The summed E-state index contributed by atoms with van der Waals surface area (Å²) in [6.45, 7) is 0. The van der Waals surface area contributed by atoms with Gasteiger partial charge in [0.2, 0.25) is 0 Å². The Morgan fingerprint density at radius 3 is 1.72 bits per heavy atom. The predicted octanol–water partition coefficient (Wildman–Crippen LogP) is 6.96. The molecule has 2 saturated carbocycles. The first-order valence-corrected chi connectivity index (χ1v) is 15.5. The van der Waals surface area contributed by atoms with Gasteiger partial charge >= 0.3 is 157 Å². The van der Waals surface area contributed by atoms with Gasteiger partial charge in [0.25, 0.3) is 0 Å². The third-order valence-electron chi connectivity index (χ3n) is 7.52. The predicted molar refractivity (Wildman–Crippen MR) is 119 cm³/mol. The van der Waals surface area contributed by atoms with E-state index >= 15 is 0 Å². The van der Waals surface area contributed by atoms with Gasteiger partial charge in [0, 0.05) is 0 Å². The third-order valence-corrected chi connectivity index (χ3v) is 18.5. The average molecular weight is 377 g/mol. The van der Waals surface area contributed by atoms with Crippen molar-refractivity contribution in [3.8, 4) is 0 Å². The van der Waals surface area contributed by atoms with Gasteiger partial charge in [0.05, 0.1) is 0 Å². The number of benzene rings is 1. The van der Waals surface area contributed by atoms with E-state index in [1.165, 1.54) is 51.4 Å². The van der Waals surface area contributed by atoms with Crippen molar-refractivity contribution >= 4 is 20.5 Å².